The maximum absolute atomic E-state index is 4.18. The minimum absolute atomic E-state index is 0. The Labute approximate surface area is 135 Å². The molecule has 1 aliphatic heterocycles. The third-order valence-corrected chi connectivity index (χ3v) is 4.14. The SMILES string of the molecule is Cl.c1ccc(N2CCNCC2)c(-c2cccc3[nH]ncc23)c1. The fourth-order valence-corrected chi connectivity index (χ4v) is 3.09. The van der Waals surface area contributed by atoms with Crippen molar-refractivity contribution in [1.82, 2.24) is 15.5 Å². The van der Waals surface area contributed by atoms with Crippen LogP contribution >= 0.6 is 12.4 Å². The average molecular weight is 315 g/mol. The maximum Gasteiger partial charge on any atom is 0.0656 e. The summed E-state index contributed by atoms with van der Waals surface area (Å²) in [4.78, 5) is 2.46. The first-order valence-electron chi connectivity index (χ1n) is 7.41. The maximum atomic E-state index is 4.18. The second-order valence-corrected chi connectivity index (χ2v) is 5.39. The van der Waals surface area contributed by atoms with Gasteiger partial charge in [0.2, 0.25) is 0 Å². The smallest absolute Gasteiger partial charge is 0.0656 e. The molecule has 5 heteroatoms. The van der Waals surface area contributed by atoms with E-state index in [-0.39, 0.29) is 12.4 Å². The Kier molecular flexibility index (Phi) is 4.32. The Balaban J connectivity index is 0.00000144. The van der Waals surface area contributed by atoms with E-state index in [4.69, 9.17) is 0 Å². The standard InChI is InChI=1S/C17H18N4.ClH/c1-2-7-17(21-10-8-18-9-11-21)14(4-1)13-5-3-6-16-15(13)12-19-20-16;/h1-7,12,18H,8-11H2,(H,19,20);1H. The van der Waals surface area contributed by atoms with Crippen molar-refractivity contribution in [2.75, 3.05) is 31.1 Å². The van der Waals surface area contributed by atoms with Crippen LogP contribution in [-0.4, -0.2) is 36.4 Å². The zero-order valence-electron chi connectivity index (χ0n) is 12.2. The largest absolute Gasteiger partial charge is 0.368 e. The number of fused-ring (bicyclic) bond motifs is 1. The molecule has 3 aromatic rings. The number of para-hydroxylation sites is 1. The van der Waals surface area contributed by atoms with Crippen LogP contribution in [0.4, 0.5) is 5.69 Å². The molecule has 4 nitrogen and oxygen atoms in total. The number of anilines is 1. The molecule has 0 unspecified atom stereocenters. The van der Waals surface area contributed by atoms with E-state index in [1.807, 2.05) is 6.20 Å². The minimum atomic E-state index is 0. The number of benzene rings is 2. The van der Waals surface area contributed by atoms with Crippen molar-refractivity contribution in [3.63, 3.8) is 0 Å². The lowest BCUT2D eigenvalue weighted by molar-refractivity contribution is 0.589. The van der Waals surface area contributed by atoms with Crippen LogP contribution in [0.1, 0.15) is 0 Å². The number of nitrogens with zero attached hydrogens (tertiary/aromatic N) is 2. The first kappa shape index (κ1) is 14.9. The second-order valence-electron chi connectivity index (χ2n) is 5.39. The average Bonchev–Trinajstić information content (AvgIpc) is 3.04. The number of H-pyrrole nitrogens is 1. The molecule has 0 aliphatic carbocycles. The van der Waals surface area contributed by atoms with E-state index in [1.54, 1.807) is 0 Å². The summed E-state index contributed by atoms with van der Waals surface area (Å²) in [6.45, 7) is 4.20. The van der Waals surface area contributed by atoms with Crippen LogP contribution in [0.5, 0.6) is 0 Å². The monoisotopic (exact) mass is 314 g/mol. The van der Waals surface area contributed by atoms with Crippen molar-refractivity contribution < 1.29 is 0 Å². The van der Waals surface area contributed by atoms with Gasteiger partial charge in [-0.3, -0.25) is 5.10 Å². The van der Waals surface area contributed by atoms with E-state index in [1.165, 1.54) is 22.2 Å². The number of rotatable bonds is 2. The van der Waals surface area contributed by atoms with Crippen LogP contribution in [0, 0.1) is 0 Å². The highest BCUT2D eigenvalue weighted by atomic mass is 35.5. The molecule has 0 saturated carbocycles. The van der Waals surface area contributed by atoms with Gasteiger partial charge in [-0.2, -0.15) is 5.10 Å². The summed E-state index contributed by atoms with van der Waals surface area (Å²) in [6, 6.07) is 15.0. The molecule has 0 atom stereocenters. The van der Waals surface area contributed by atoms with Crippen molar-refractivity contribution in [2.45, 2.75) is 0 Å². The number of piperazine rings is 1. The zero-order valence-corrected chi connectivity index (χ0v) is 13.1. The van der Waals surface area contributed by atoms with Crippen molar-refractivity contribution >= 4 is 29.0 Å². The normalized spacial score (nSPS) is 14.8. The third kappa shape index (κ3) is 2.56. The fraction of sp³-hybridized carbons (Fsp3) is 0.235. The summed E-state index contributed by atoms with van der Waals surface area (Å²) < 4.78 is 0. The van der Waals surface area contributed by atoms with Gasteiger partial charge in [0.05, 0.1) is 11.7 Å². The number of halogens is 1. The molecular formula is C17H19ClN4. The third-order valence-electron chi connectivity index (χ3n) is 4.14. The van der Waals surface area contributed by atoms with Crippen LogP contribution < -0.4 is 10.2 Å². The highest BCUT2D eigenvalue weighted by molar-refractivity contribution is 5.97. The van der Waals surface area contributed by atoms with Gasteiger partial charge in [0.1, 0.15) is 0 Å². The van der Waals surface area contributed by atoms with Gasteiger partial charge >= 0.3 is 0 Å². The van der Waals surface area contributed by atoms with Crippen molar-refractivity contribution in [3.05, 3.63) is 48.7 Å². The number of hydrogen-bond acceptors (Lipinski definition) is 3. The molecule has 2 N–H and O–H groups in total. The Morgan fingerprint density at radius 1 is 0.909 bits per heavy atom. The minimum Gasteiger partial charge on any atom is -0.368 e. The molecule has 2 aromatic carbocycles. The Morgan fingerprint density at radius 2 is 1.68 bits per heavy atom. The molecule has 22 heavy (non-hydrogen) atoms. The van der Waals surface area contributed by atoms with Gasteiger partial charge in [-0.25, -0.2) is 0 Å². The molecule has 4 rings (SSSR count). The molecule has 1 aromatic heterocycles. The molecule has 1 fully saturated rings. The van der Waals surface area contributed by atoms with Crippen LogP contribution in [0.15, 0.2) is 48.7 Å². The van der Waals surface area contributed by atoms with Gasteiger partial charge < -0.3 is 10.2 Å². The predicted octanol–water partition coefficient (Wildman–Crippen LogP) is 3.06. The summed E-state index contributed by atoms with van der Waals surface area (Å²) in [6.07, 6.45) is 1.92. The van der Waals surface area contributed by atoms with E-state index in [2.05, 4.69) is 62.9 Å². The zero-order chi connectivity index (χ0) is 14.1. The van der Waals surface area contributed by atoms with E-state index in [0.29, 0.717) is 0 Å². The predicted molar refractivity (Wildman–Crippen MR) is 93.9 cm³/mol. The van der Waals surface area contributed by atoms with Crippen LogP contribution in [0.25, 0.3) is 22.0 Å². The molecule has 0 radical (unpaired) electrons. The van der Waals surface area contributed by atoms with Gasteiger partial charge in [-0.15, -0.1) is 12.4 Å². The molecule has 2 heterocycles. The van der Waals surface area contributed by atoms with Gasteiger partial charge in [0.15, 0.2) is 0 Å². The van der Waals surface area contributed by atoms with Crippen LogP contribution in [-0.2, 0) is 0 Å². The van der Waals surface area contributed by atoms with Crippen molar-refractivity contribution in [2.24, 2.45) is 0 Å². The second kappa shape index (κ2) is 6.38. The number of aromatic nitrogens is 2. The van der Waals surface area contributed by atoms with E-state index >= 15 is 0 Å². The van der Waals surface area contributed by atoms with Crippen molar-refractivity contribution in [1.29, 1.82) is 0 Å². The molecule has 0 bridgehead atoms. The summed E-state index contributed by atoms with van der Waals surface area (Å²) in [5.41, 5.74) is 4.93. The first-order valence-corrected chi connectivity index (χ1v) is 7.41. The lowest BCUT2D eigenvalue weighted by Gasteiger charge is -2.31. The van der Waals surface area contributed by atoms with Crippen LogP contribution in [0.3, 0.4) is 0 Å². The Morgan fingerprint density at radius 3 is 2.55 bits per heavy atom. The Hall–Kier alpha value is -2.04. The summed E-state index contributed by atoms with van der Waals surface area (Å²) >= 11 is 0. The summed E-state index contributed by atoms with van der Waals surface area (Å²) in [5, 5.41) is 11.8. The molecule has 0 spiro atoms. The molecular weight excluding hydrogens is 296 g/mol. The highest BCUT2D eigenvalue weighted by Crippen LogP contribution is 2.34. The number of hydrogen-bond donors (Lipinski definition) is 2. The molecule has 114 valence electrons. The number of nitrogens with one attached hydrogen (secondary N) is 2. The summed E-state index contributed by atoms with van der Waals surface area (Å²) in [7, 11) is 0. The Bertz CT molecular complexity index is 762. The van der Waals surface area contributed by atoms with E-state index < -0.39 is 0 Å². The number of aromatic amines is 1. The van der Waals surface area contributed by atoms with Gasteiger partial charge in [0, 0.05) is 42.8 Å². The molecule has 1 aliphatic rings. The van der Waals surface area contributed by atoms with Crippen molar-refractivity contribution in [3.8, 4) is 11.1 Å². The lowest BCUT2D eigenvalue weighted by atomic mass is 9.99. The molecule has 0 amide bonds. The van der Waals surface area contributed by atoms with Gasteiger partial charge in [-0.05, 0) is 17.7 Å². The fourth-order valence-electron chi connectivity index (χ4n) is 3.09. The van der Waals surface area contributed by atoms with E-state index in [9.17, 15) is 0 Å². The highest BCUT2D eigenvalue weighted by Gasteiger charge is 2.16. The molecule has 1 saturated heterocycles. The van der Waals surface area contributed by atoms with E-state index in [0.717, 1.165) is 31.7 Å². The topological polar surface area (TPSA) is 44.0 Å². The van der Waals surface area contributed by atoms with Gasteiger partial charge in [-0.1, -0.05) is 30.3 Å². The first-order chi connectivity index (χ1) is 10.4. The lowest BCUT2D eigenvalue weighted by Crippen LogP contribution is -2.43. The summed E-state index contributed by atoms with van der Waals surface area (Å²) in [5.74, 6) is 0. The van der Waals surface area contributed by atoms with Gasteiger partial charge in [0.25, 0.3) is 0 Å². The quantitative estimate of drug-likeness (QED) is 0.764. The van der Waals surface area contributed by atoms with Crippen LogP contribution in [0.2, 0.25) is 0 Å².